The van der Waals surface area contributed by atoms with Crippen LogP contribution in [0.25, 0.3) is 0 Å². The first-order valence-electron chi connectivity index (χ1n) is 7.15. The Bertz CT molecular complexity index is 489. The van der Waals surface area contributed by atoms with Crippen molar-refractivity contribution >= 4 is 0 Å². The molecule has 2 atom stereocenters. The minimum absolute atomic E-state index is 0.0251. The first-order valence-corrected chi connectivity index (χ1v) is 7.15. The molecular weight excluding hydrogens is 252 g/mol. The van der Waals surface area contributed by atoms with Crippen LogP contribution in [0, 0.1) is 5.92 Å². The van der Waals surface area contributed by atoms with Crippen molar-refractivity contribution in [2.45, 2.75) is 57.8 Å². The van der Waals surface area contributed by atoms with E-state index in [4.69, 9.17) is 9.47 Å². The fourth-order valence-electron chi connectivity index (χ4n) is 3.58. The van der Waals surface area contributed by atoms with Crippen molar-refractivity contribution in [1.29, 1.82) is 0 Å². The summed E-state index contributed by atoms with van der Waals surface area (Å²) in [4.78, 5) is 0. The van der Waals surface area contributed by atoms with Crippen LogP contribution in [0.3, 0.4) is 0 Å². The van der Waals surface area contributed by atoms with E-state index >= 15 is 0 Å². The van der Waals surface area contributed by atoms with Crippen LogP contribution in [-0.4, -0.2) is 23.4 Å². The lowest BCUT2D eigenvalue weighted by atomic mass is 9.72. The Hall–Kier alpha value is -1.06. The largest absolute Gasteiger partial charge is 0.497 e. The van der Waals surface area contributed by atoms with Crippen LogP contribution >= 0.6 is 0 Å². The van der Waals surface area contributed by atoms with Gasteiger partial charge in [0.15, 0.2) is 0 Å². The van der Waals surface area contributed by atoms with E-state index in [1.165, 1.54) is 0 Å². The van der Waals surface area contributed by atoms with E-state index in [1.807, 2.05) is 31.2 Å². The number of benzene rings is 1. The van der Waals surface area contributed by atoms with Crippen molar-refractivity contribution < 1.29 is 14.6 Å². The van der Waals surface area contributed by atoms with Crippen molar-refractivity contribution in [3.63, 3.8) is 0 Å². The zero-order valence-corrected chi connectivity index (χ0v) is 13.4. The fraction of sp³-hybridized carbons (Fsp3) is 0.647. The summed E-state index contributed by atoms with van der Waals surface area (Å²) in [5, 5.41) is 11.1. The molecule has 0 aliphatic carbocycles. The molecular formula is C17H26O3. The normalized spacial score (nSPS) is 27.1. The number of hydrogen-bond donors (Lipinski definition) is 1. The SMILES string of the molecule is COc1cccc(C(C)(O)C2CC(C)(C)OC2(C)C)c1. The third-order valence-electron chi connectivity index (χ3n) is 4.41. The van der Waals surface area contributed by atoms with Gasteiger partial charge in [-0.25, -0.2) is 0 Å². The molecule has 1 saturated heterocycles. The van der Waals surface area contributed by atoms with Gasteiger partial charge in [-0.3, -0.25) is 0 Å². The second-order valence-electron chi connectivity index (χ2n) is 7.10. The molecule has 1 aliphatic rings. The van der Waals surface area contributed by atoms with Crippen molar-refractivity contribution in [2.75, 3.05) is 7.11 Å². The number of hydrogen-bond acceptors (Lipinski definition) is 3. The molecule has 112 valence electrons. The lowest BCUT2D eigenvalue weighted by Gasteiger charge is -2.38. The number of ether oxygens (including phenoxy) is 2. The van der Waals surface area contributed by atoms with Crippen LogP contribution in [-0.2, 0) is 10.3 Å². The summed E-state index contributed by atoms with van der Waals surface area (Å²) in [6.45, 7) is 10.1. The van der Waals surface area contributed by atoms with Gasteiger partial charge in [0, 0.05) is 5.92 Å². The van der Waals surface area contributed by atoms with Crippen LogP contribution in [0.1, 0.15) is 46.6 Å². The molecule has 20 heavy (non-hydrogen) atoms. The van der Waals surface area contributed by atoms with Crippen LogP contribution in [0.15, 0.2) is 24.3 Å². The molecule has 0 amide bonds. The first-order chi connectivity index (χ1) is 9.08. The number of aliphatic hydroxyl groups is 1. The summed E-state index contributed by atoms with van der Waals surface area (Å²) >= 11 is 0. The monoisotopic (exact) mass is 278 g/mol. The van der Waals surface area contributed by atoms with Crippen LogP contribution < -0.4 is 4.74 Å². The Morgan fingerprint density at radius 1 is 1.30 bits per heavy atom. The Morgan fingerprint density at radius 2 is 1.95 bits per heavy atom. The molecule has 1 aromatic carbocycles. The van der Waals surface area contributed by atoms with Gasteiger partial charge in [-0.1, -0.05) is 12.1 Å². The highest BCUT2D eigenvalue weighted by Gasteiger charge is 2.53. The zero-order chi connectivity index (χ0) is 15.2. The van der Waals surface area contributed by atoms with E-state index in [-0.39, 0.29) is 17.1 Å². The lowest BCUT2D eigenvalue weighted by Crippen LogP contribution is -2.42. The highest BCUT2D eigenvalue weighted by atomic mass is 16.5. The maximum Gasteiger partial charge on any atom is 0.119 e. The number of methoxy groups -OCH3 is 1. The zero-order valence-electron chi connectivity index (χ0n) is 13.4. The lowest BCUT2D eigenvalue weighted by molar-refractivity contribution is -0.111. The average Bonchev–Trinajstić information content (AvgIpc) is 2.58. The molecule has 1 aromatic rings. The van der Waals surface area contributed by atoms with Gasteiger partial charge in [0.1, 0.15) is 5.75 Å². The van der Waals surface area contributed by atoms with Crippen molar-refractivity contribution in [1.82, 2.24) is 0 Å². The molecule has 1 fully saturated rings. The molecule has 0 bridgehead atoms. The quantitative estimate of drug-likeness (QED) is 0.919. The smallest absolute Gasteiger partial charge is 0.119 e. The highest BCUT2D eigenvalue weighted by molar-refractivity contribution is 5.33. The summed E-state index contributed by atoms with van der Waals surface area (Å²) in [5.41, 5.74) is -0.657. The van der Waals surface area contributed by atoms with Crippen molar-refractivity contribution in [2.24, 2.45) is 5.92 Å². The summed E-state index contributed by atoms with van der Waals surface area (Å²) in [5.74, 6) is 0.788. The molecule has 0 spiro atoms. The van der Waals surface area contributed by atoms with E-state index < -0.39 is 5.60 Å². The molecule has 3 heteroatoms. The van der Waals surface area contributed by atoms with Crippen LogP contribution in [0.4, 0.5) is 0 Å². The van der Waals surface area contributed by atoms with Gasteiger partial charge >= 0.3 is 0 Å². The summed E-state index contributed by atoms with van der Waals surface area (Å²) in [6.07, 6.45) is 0.824. The number of rotatable bonds is 3. The van der Waals surface area contributed by atoms with Gasteiger partial charge in [-0.05, 0) is 58.7 Å². The minimum atomic E-state index is -0.953. The van der Waals surface area contributed by atoms with E-state index in [0.29, 0.717) is 0 Å². The maximum absolute atomic E-state index is 11.1. The summed E-state index contributed by atoms with van der Waals surface area (Å²) in [7, 11) is 1.64. The fourth-order valence-corrected chi connectivity index (χ4v) is 3.58. The molecule has 0 aromatic heterocycles. The van der Waals surface area contributed by atoms with Crippen LogP contribution in [0.2, 0.25) is 0 Å². The molecule has 1 aliphatic heterocycles. The minimum Gasteiger partial charge on any atom is -0.497 e. The van der Waals surface area contributed by atoms with Crippen molar-refractivity contribution in [3.05, 3.63) is 29.8 Å². The Morgan fingerprint density at radius 3 is 2.45 bits per heavy atom. The van der Waals surface area contributed by atoms with E-state index in [0.717, 1.165) is 17.7 Å². The molecule has 0 saturated carbocycles. The molecule has 2 rings (SSSR count). The molecule has 1 heterocycles. The molecule has 0 radical (unpaired) electrons. The first kappa shape index (κ1) is 15.3. The molecule has 3 nitrogen and oxygen atoms in total. The van der Waals surface area contributed by atoms with Gasteiger partial charge in [0.05, 0.1) is 23.9 Å². The second kappa shape index (κ2) is 4.74. The second-order valence-corrected chi connectivity index (χ2v) is 7.10. The van der Waals surface area contributed by atoms with E-state index in [1.54, 1.807) is 7.11 Å². The predicted molar refractivity (Wildman–Crippen MR) is 79.9 cm³/mol. The van der Waals surface area contributed by atoms with Gasteiger partial charge in [-0.15, -0.1) is 0 Å². The molecule has 1 N–H and O–H groups in total. The Balaban J connectivity index is 2.39. The Labute approximate surface area is 121 Å². The van der Waals surface area contributed by atoms with Gasteiger partial charge in [-0.2, -0.15) is 0 Å². The third-order valence-corrected chi connectivity index (χ3v) is 4.41. The van der Waals surface area contributed by atoms with E-state index in [9.17, 15) is 5.11 Å². The molecule has 2 unspecified atom stereocenters. The van der Waals surface area contributed by atoms with Gasteiger partial charge < -0.3 is 14.6 Å². The summed E-state index contributed by atoms with van der Waals surface area (Å²) in [6, 6.07) is 7.65. The van der Waals surface area contributed by atoms with Gasteiger partial charge in [0.2, 0.25) is 0 Å². The van der Waals surface area contributed by atoms with Crippen LogP contribution in [0.5, 0.6) is 5.75 Å². The van der Waals surface area contributed by atoms with E-state index in [2.05, 4.69) is 27.7 Å². The topological polar surface area (TPSA) is 38.7 Å². The Kier molecular flexibility index (Phi) is 3.64. The van der Waals surface area contributed by atoms with Crippen molar-refractivity contribution in [3.8, 4) is 5.75 Å². The predicted octanol–water partition coefficient (Wildman–Crippen LogP) is 3.50. The average molecular weight is 278 g/mol. The maximum atomic E-state index is 11.1. The third kappa shape index (κ3) is 2.70. The highest BCUT2D eigenvalue weighted by Crippen LogP contribution is 2.50. The van der Waals surface area contributed by atoms with Gasteiger partial charge in [0.25, 0.3) is 0 Å². The summed E-state index contributed by atoms with van der Waals surface area (Å²) < 4.78 is 11.4. The standard InChI is InChI=1S/C17H26O3/c1-15(2)11-14(16(3,4)20-15)17(5,18)12-8-7-9-13(10-12)19-6/h7-10,14,18H,11H2,1-6H3.